The predicted molar refractivity (Wildman–Crippen MR) is 155 cm³/mol. The third-order valence-corrected chi connectivity index (χ3v) is 7.90. The average molecular weight is 533 g/mol. The van der Waals surface area contributed by atoms with Crippen LogP contribution in [-0.2, 0) is 24.3 Å². The molecule has 7 nitrogen and oxygen atoms in total. The first-order chi connectivity index (χ1) is 19.6. The van der Waals surface area contributed by atoms with E-state index in [0.717, 1.165) is 34.4 Å². The van der Waals surface area contributed by atoms with Crippen LogP contribution in [0.1, 0.15) is 34.6 Å². The molecule has 6 rings (SSSR count). The largest absolute Gasteiger partial charge is 0.497 e. The first kappa shape index (κ1) is 25.6. The molecule has 202 valence electrons. The number of pyridine rings is 1. The van der Waals surface area contributed by atoms with Gasteiger partial charge in [-0.2, -0.15) is 0 Å². The van der Waals surface area contributed by atoms with E-state index in [0.29, 0.717) is 31.7 Å². The van der Waals surface area contributed by atoms with Crippen molar-refractivity contribution in [3.63, 3.8) is 0 Å². The fraction of sp³-hybridized carbons (Fsp3) is 0.242. The molecule has 1 aromatic heterocycles. The van der Waals surface area contributed by atoms with Crippen LogP contribution < -0.4 is 15.4 Å². The van der Waals surface area contributed by atoms with Gasteiger partial charge in [-0.05, 0) is 76.4 Å². The highest BCUT2D eigenvalue weighted by molar-refractivity contribution is 5.89. The van der Waals surface area contributed by atoms with E-state index < -0.39 is 0 Å². The van der Waals surface area contributed by atoms with Crippen LogP contribution in [-0.4, -0.2) is 35.5 Å². The third kappa shape index (κ3) is 5.41. The molecule has 4 aromatic rings. The second-order valence-corrected chi connectivity index (χ2v) is 10.4. The standard InChI is InChI=1S/C33H32N4O3/c1-40-26-11-5-9-23(17-26)27-13-12-24(19-35-32(38)30-18-29(30)22-7-3-2-4-8-22)31-21-37(16-14-28(27)31)33(39)36-25-10-6-15-34-20-25/h2-13,15,17,20,29-30H,14,16,18-19,21H2,1H3,(H,35,38)(H,36,39)/t29-,30-/m1/s1. The van der Waals surface area contributed by atoms with E-state index in [1.807, 2.05) is 47.4 Å². The zero-order valence-corrected chi connectivity index (χ0v) is 22.5. The van der Waals surface area contributed by atoms with Crippen molar-refractivity contribution in [1.29, 1.82) is 0 Å². The lowest BCUT2D eigenvalue weighted by Crippen LogP contribution is -2.40. The average Bonchev–Trinajstić information content (AvgIpc) is 3.82. The van der Waals surface area contributed by atoms with Crippen molar-refractivity contribution in [3.8, 4) is 16.9 Å². The van der Waals surface area contributed by atoms with Gasteiger partial charge >= 0.3 is 6.03 Å². The molecular weight excluding hydrogens is 500 g/mol. The number of nitrogens with zero attached hydrogens (tertiary/aromatic N) is 2. The summed E-state index contributed by atoms with van der Waals surface area (Å²) < 4.78 is 5.47. The van der Waals surface area contributed by atoms with Crippen molar-refractivity contribution in [3.05, 3.63) is 114 Å². The van der Waals surface area contributed by atoms with Crippen LogP contribution in [0.15, 0.2) is 91.3 Å². The lowest BCUT2D eigenvalue weighted by Gasteiger charge is -2.32. The molecular formula is C33H32N4O3. The molecule has 2 heterocycles. The van der Waals surface area contributed by atoms with Crippen molar-refractivity contribution < 1.29 is 14.3 Å². The summed E-state index contributed by atoms with van der Waals surface area (Å²) in [6.45, 7) is 1.48. The van der Waals surface area contributed by atoms with Crippen molar-refractivity contribution >= 4 is 17.6 Å². The Bertz CT molecular complexity index is 1520. The molecule has 2 aliphatic rings. The van der Waals surface area contributed by atoms with Crippen LogP contribution in [0, 0.1) is 5.92 Å². The van der Waals surface area contributed by atoms with Crippen LogP contribution in [0.3, 0.4) is 0 Å². The predicted octanol–water partition coefficient (Wildman–Crippen LogP) is 5.77. The number of fused-ring (bicyclic) bond motifs is 1. The monoisotopic (exact) mass is 532 g/mol. The Morgan fingerprint density at radius 1 is 1.00 bits per heavy atom. The minimum atomic E-state index is -0.163. The van der Waals surface area contributed by atoms with Gasteiger partial charge in [0, 0.05) is 31.7 Å². The highest BCUT2D eigenvalue weighted by Crippen LogP contribution is 2.47. The zero-order valence-electron chi connectivity index (χ0n) is 22.5. The first-order valence-corrected chi connectivity index (χ1v) is 13.7. The fourth-order valence-corrected chi connectivity index (χ4v) is 5.65. The van der Waals surface area contributed by atoms with Crippen LogP contribution in [0.4, 0.5) is 10.5 Å². The quantitative estimate of drug-likeness (QED) is 0.317. The maximum absolute atomic E-state index is 13.2. The number of urea groups is 1. The van der Waals surface area contributed by atoms with Gasteiger partial charge in [-0.1, -0.05) is 54.6 Å². The van der Waals surface area contributed by atoms with Crippen molar-refractivity contribution in [2.24, 2.45) is 5.92 Å². The number of hydrogen-bond acceptors (Lipinski definition) is 4. The summed E-state index contributed by atoms with van der Waals surface area (Å²) >= 11 is 0. The molecule has 7 heteroatoms. The molecule has 0 radical (unpaired) electrons. The van der Waals surface area contributed by atoms with Gasteiger partial charge in [0.2, 0.25) is 5.91 Å². The zero-order chi connectivity index (χ0) is 27.5. The Morgan fingerprint density at radius 3 is 2.67 bits per heavy atom. The van der Waals surface area contributed by atoms with Gasteiger partial charge < -0.3 is 20.3 Å². The molecule has 0 bridgehead atoms. The Hall–Kier alpha value is -4.65. The van der Waals surface area contributed by atoms with E-state index in [4.69, 9.17) is 4.74 Å². The molecule has 1 fully saturated rings. The number of nitrogens with one attached hydrogen (secondary N) is 2. The van der Waals surface area contributed by atoms with Gasteiger partial charge in [0.15, 0.2) is 0 Å². The molecule has 0 spiro atoms. The Morgan fingerprint density at radius 2 is 1.88 bits per heavy atom. The molecule has 3 amide bonds. The van der Waals surface area contributed by atoms with Gasteiger partial charge in [0.05, 0.1) is 19.0 Å². The molecule has 1 saturated carbocycles. The number of hydrogen-bond donors (Lipinski definition) is 2. The van der Waals surface area contributed by atoms with Gasteiger partial charge in [-0.3, -0.25) is 9.78 Å². The second-order valence-electron chi connectivity index (χ2n) is 10.4. The molecule has 0 saturated heterocycles. The lowest BCUT2D eigenvalue weighted by atomic mass is 9.87. The van der Waals surface area contributed by atoms with Gasteiger partial charge in [-0.25, -0.2) is 4.79 Å². The topological polar surface area (TPSA) is 83.6 Å². The maximum atomic E-state index is 13.2. The molecule has 1 aliphatic carbocycles. The number of amides is 3. The van der Waals surface area contributed by atoms with E-state index in [2.05, 4.69) is 45.9 Å². The van der Waals surface area contributed by atoms with Gasteiger partial charge in [-0.15, -0.1) is 0 Å². The van der Waals surface area contributed by atoms with Crippen molar-refractivity contribution in [2.45, 2.75) is 31.8 Å². The number of carbonyl (C=O) groups excluding carboxylic acids is 2. The summed E-state index contributed by atoms with van der Waals surface area (Å²) in [7, 11) is 1.67. The van der Waals surface area contributed by atoms with E-state index >= 15 is 0 Å². The number of ether oxygens (including phenoxy) is 1. The van der Waals surface area contributed by atoms with Crippen LogP contribution in [0.5, 0.6) is 5.75 Å². The molecule has 2 N–H and O–H groups in total. The van der Waals surface area contributed by atoms with Crippen LogP contribution >= 0.6 is 0 Å². The highest BCUT2D eigenvalue weighted by Gasteiger charge is 2.43. The second kappa shape index (κ2) is 11.2. The molecule has 0 unspecified atom stereocenters. The van der Waals surface area contributed by atoms with Crippen LogP contribution in [0.25, 0.3) is 11.1 Å². The Labute approximate surface area is 234 Å². The van der Waals surface area contributed by atoms with Gasteiger partial charge in [0.1, 0.15) is 5.75 Å². The van der Waals surface area contributed by atoms with Crippen LogP contribution in [0.2, 0.25) is 0 Å². The molecule has 2 atom stereocenters. The molecule has 3 aromatic carbocycles. The normalized spacial score (nSPS) is 17.5. The van der Waals surface area contributed by atoms with Gasteiger partial charge in [0.25, 0.3) is 0 Å². The summed E-state index contributed by atoms with van der Waals surface area (Å²) in [5, 5.41) is 6.14. The number of aromatic nitrogens is 1. The highest BCUT2D eigenvalue weighted by atomic mass is 16.5. The van der Waals surface area contributed by atoms with E-state index in [9.17, 15) is 9.59 Å². The number of methoxy groups -OCH3 is 1. The summed E-state index contributed by atoms with van der Waals surface area (Å²) in [6, 6.07) is 25.9. The lowest BCUT2D eigenvalue weighted by molar-refractivity contribution is -0.122. The van der Waals surface area contributed by atoms with E-state index in [-0.39, 0.29) is 23.8 Å². The number of rotatable bonds is 7. The summed E-state index contributed by atoms with van der Waals surface area (Å²) in [4.78, 5) is 32.1. The maximum Gasteiger partial charge on any atom is 0.322 e. The molecule has 40 heavy (non-hydrogen) atoms. The summed E-state index contributed by atoms with van der Waals surface area (Å²) in [5.74, 6) is 1.18. The summed E-state index contributed by atoms with van der Waals surface area (Å²) in [5.41, 5.74) is 7.41. The minimum absolute atomic E-state index is 0.0102. The Balaban J connectivity index is 1.24. The van der Waals surface area contributed by atoms with Crippen molar-refractivity contribution in [2.75, 3.05) is 19.0 Å². The number of carbonyl (C=O) groups is 2. The first-order valence-electron chi connectivity index (χ1n) is 13.7. The van der Waals surface area contributed by atoms with E-state index in [1.165, 1.54) is 11.1 Å². The van der Waals surface area contributed by atoms with E-state index in [1.54, 1.807) is 25.6 Å². The number of benzene rings is 3. The fourth-order valence-electron chi connectivity index (χ4n) is 5.65. The Kier molecular flexibility index (Phi) is 7.19. The SMILES string of the molecule is COc1cccc(-c2ccc(CNC(=O)[C@@H]3C[C@@H]3c3ccccc3)c3c2CCN(C(=O)Nc2cccnc2)C3)c1. The van der Waals surface area contributed by atoms with Crippen molar-refractivity contribution in [1.82, 2.24) is 15.2 Å². The third-order valence-electron chi connectivity index (χ3n) is 7.90. The number of anilines is 1. The minimum Gasteiger partial charge on any atom is -0.497 e. The summed E-state index contributed by atoms with van der Waals surface area (Å²) in [6.07, 6.45) is 4.91. The smallest absolute Gasteiger partial charge is 0.322 e. The molecule has 1 aliphatic heterocycles.